The normalized spacial score (nSPS) is 21.3. The van der Waals surface area contributed by atoms with E-state index in [-0.39, 0.29) is 0 Å². The molecule has 1 atom stereocenters. The summed E-state index contributed by atoms with van der Waals surface area (Å²) in [5.41, 5.74) is 1.12. The molecule has 7 heteroatoms. The molecule has 2 aliphatic rings. The number of aromatic nitrogens is 4. The standard InChI is InChI=1S/C17H22N6O/c1-13-20-15(14-2-9-24-12-14)10-16(21-13)22-5-7-23(8-6-22)17-11-18-3-4-19-17/h3-4,10-11,14H,2,5-9,12H2,1H3/t14-/m0/s1. The molecule has 0 unspecified atom stereocenters. The average molecular weight is 326 g/mol. The van der Waals surface area contributed by atoms with Gasteiger partial charge < -0.3 is 14.5 Å². The van der Waals surface area contributed by atoms with Crippen LogP contribution in [0.1, 0.15) is 23.9 Å². The molecular weight excluding hydrogens is 304 g/mol. The van der Waals surface area contributed by atoms with E-state index in [2.05, 4.69) is 35.8 Å². The van der Waals surface area contributed by atoms with Crippen LogP contribution in [0.3, 0.4) is 0 Å². The zero-order chi connectivity index (χ0) is 16.4. The third-order valence-corrected chi connectivity index (χ3v) is 4.67. The molecule has 0 N–H and O–H groups in total. The van der Waals surface area contributed by atoms with Crippen LogP contribution >= 0.6 is 0 Å². The van der Waals surface area contributed by atoms with Gasteiger partial charge >= 0.3 is 0 Å². The zero-order valence-electron chi connectivity index (χ0n) is 13.9. The fourth-order valence-corrected chi connectivity index (χ4v) is 3.33. The van der Waals surface area contributed by atoms with Crippen LogP contribution in [0.25, 0.3) is 0 Å². The topological polar surface area (TPSA) is 67.3 Å². The van der Waals surface area contributed by atoms with Crippen molar-refractivity contribution in [3.63, 3.8) is 0 Å². The first-order valence-electron chi connectivity index (χ1n) is 8.49. The summed E-state index contributed by atoms with van der Waals surface area (Å²) in [7, 11) is 0. The molecule has 2 aliphatic heterocycles. The minimum Gasteiger partial charge on any atom is -0.381 e. The number of ether oxygens (including phenoxy) is 1. The van der Waals surface area contributed by atoms with Crippen molar-refractivity contribution in [3.05, 3.63) is 36.2 Å². The lowest BCUT2D eigenvalue weighted by atomic mass is 10.0. The Hall–Kier alpha value is -2.28. The second-order valence-electron chi connectivity index (χ2n) is 6.30. The van der Waals surface area contributed by atoms with Crippen molar-refractivity contribution in [1.29, 1.82) is 0 Å². The fraction of sp³-hybridized carbons (Fsp3) is 0.529. The second kappa shape index (κ2) is 6.68. The van der Waals surface area contributed by atoms with Crippen molar-refractivity contribution in [2.24, 2.45) is 0 Å². The lowest BCUT2D eigenvalue weighted by molar-refractivity contribution is 0.193. The molecule has 0 saturated carbocycles. The molecule has 0 spiro atoms. The van der Waals surface area contributed by atoms with Crippen molar-refractivity contribution in [1.82, 2.24) is 19.9 Å². The van der Waals surface area contributed by atoms with Gasteiger partial charge in [-0.3, -0.25) is 4.98 Å². The van der Waals surface area contributed by atoms with E-state index in [1.807, 2.05) is 13.1 Å². The molecule has 2 saturated heterocycles. The summed E-state index contributed by atoms with van der Waals surface area (Å²) < 4.78 is 5.51. The number of aryl methyl sites for hydroxylation is 1. The summed E-state index contributed by atoms with van der Waals surface area (Å²) in [6, 6.07) is 2.14. The first-order chi connectivity index (χ1) is 11.8. The van der Waals surface area contributed by atoms with Crippen molar-refractivity contribution < 1.29 is 4.74 Å². The van der Waals surface area contributed by atoms with E-state index in [0.717, 1.165) is 69.0 Å². The van der Waals surface area contributed by atoms with Gasteiger partial charge in [0.25, 0.3) is 0 Å². The summed E-state index contributed by atoms with van der Waals surface area (Å²) in [6.45, 7) is 7.27. The molecule has 0 aromatic carbocycles. The monoisotopic (exact) mass is 326 g/mol. The predicted molar refractivity (Wildman–Crippen MR) is 91.4 cm³/mol. The van der Waals surface area contributed by atoms with Crippen molar-refractivity contribution >= 4 is 11.6 Å². The Labute approximate surface area is 141 Å². The highest BCUT2D eigenvalue weighted by molar-refractivity contribution is 5.45. The van der Waals surface area contributed by atoms with Crippen molar-refractivity contribution in [2.75, 3.05) is 49.2 Å². The maximum Gasteiger partial charge on any atom is 0.147 e. The number of anilines is 2. The highest BCUT2D eigenvalue weighted by atomic mass is 16.5. The van der Waals surface area contributed by atoms with E-state index < -0.39 is 0 Å². The Bertz CT molecular complexity index is 681. The molecule has 0 aliphatic carbocycles. The molecule has 0 bridgehead atoms. The summed E-state index contributed by atoms with van der Waals surface area (Å²) in [4.78, 5) is 22.4. The van der Waals surface area contributed by atoms with Gasteiger partial charge in [-0.15, -0.1) is 0 Å². The molecule has 4 rings (SSSR count). The first-order valence-corrected chi connectivity index (χ1v) is 8.49. The molecule has 4 heterocycles. The highest BCUT2D eigenvalue weighted by Gasteiger charge is 2.23. The van der Waals surface area contributed by atoms with Gasteiger partial charge in [0.1, 0.15) is 17.5 Å². The molecule has 2 aromatic heterocycles. The molecule has 0 amide bonds. The van der Waals surface area contributed by atoms with Crippen LogP contribution in [0.4, 0.5) is 11.6 Å². The number of hydrogen-bond acceptors (Lipinski definition) is 7. The van der Waals surface area contributed by atoms with Crippen molar-refractivity contribution in [2.45, 2.75) is 19.3 Å². The molecule has 24 heavy (non-hydrogen) atoms. The van der Waals surface area contributed by atoms with Crippen LogP contribution in [0.5, 0.6) is 0 Å². The van der Waals surface area contributed by atoms with Gasteiger partial charge in [-0.05, 0) is 13.3 Å². The number of hydrogen-bond donors (Lipinski definition) is 0. The van der Waals surface area contributed by atoms with E-state index >= 15 is 0 Å². The Morgan fingerprint density at radius 3 is 2.50 bits per heavy atom. The van der Waals surface area contributed by atoms with Gasteiger partial charge in [0.05, 0.1) is 18.5 Å². The maximum atomic E-state index is 5.51. The maximum absolute atomic E-state index is 5.51. The van der Waals surface area contributed by atoms with Crippen molar-refractivity contribution in [3.8, 4) is 0 Å². The minimum absolute atomic E-state index is 0.409. The van der Waals surface area contributed by atoms with E-state index in [0.29, 0.717) is 5.92 Å². The highest BCUT2D eigenvalue weighted by Crippen LogP contribution is 2.26. The molecule has 2 fully saturated rings. The number of piperazine rings is 1. The van der Waals surface area contributed by atoms with Gasteiger partial charge in [0, 0.05) is 57.2 Å². The van der Waals surface area contributed by atoms with Crippen LogP contribution in [0.2, 0.25) is 0 Å². The summed E-state index contributed by atoms with van der Waals surface area (Å²) in [5, 5.41) is 0. The zero-order valence-corrected chi connectivity index (χ0v) is 13.9. The third kappa shape index (κ3) is 3.17. The van der Waals surface area contributed by atoms with Crippen LogP contribution in [-0.2, 0) is 4.74 Å². The number of nitrogens with zero attached hydrogens (tertiary/aromatic N) is 6. The first kappa shape index (κ1) is 15.3. The fourth-order valence-electron chi connectivity index (χ4n) is 3.33. The number of rotatable bonds is 3. The third-order valence-electron chi connectivity index (χ3n) is 4.67. The van der Waals surface area contributed by atoms with Crippen LogP contribution in [0, 0.1) is 6.92 Å². The molecule has 2 aromatic rings. The average Bonchev–Trinajstić information content (AvgIpc) is 3.17. The van der Waals surface area contributed by atoms with Crippen LogP contribution in [-0.4, -0.2) is 59.3 Å². The Morgan fingerprint density at radius 1 is 1.04 bits per heavy atom. The van der Waals surface area contributed by atoms with E-state index in [4.69, 9.17) is 4.74 Å². The molecule has 7 nitrogen and oxygen atoms in total. The smallest absolute Gasteiger partial charge is 0.147 e. The lowest BCUT2D eigenvalue weighted by Crippen LogP contribution is -2.47. The largest absolute Gasteiger partial charge is 0.381 e. The minimum atomic E-state index is 0.409. The van der Waals surface area contributed by atoms with Crippen LogP contribution < -0.4 is 9.80 Å². The quantitative estimate of drug-likeness (QED) is 0.844. The summed E-state index contributed by atoms with van der Waals surface area (Å²) in [5.74, 6) is 3.22. The molecule has 126 valence electrons. The Kier molecular flexibility index (Phi) is 4.25. The second-order valence-corrected chi connectivity index (χ2v) is 6.30. The van der Waals surface area contributed by atoms with E-state index in [9.17, 15) is 0 Å². The van der Waals surface area contributed by atoms with Gasteiger partial charge in [-0.1, -0.05) is 0 Å². The van der Waals surface area contributed by atoms with E-state index in [1.165, 1.54) is 0 Å². The van der Waals surface area contributed by atoms with Gasteiger partial charge in [0.2, 0.25) is 0 Å². The molecule has 0 radical (unpaired) electrons. The molecular formula is C17H22N6O. The Morgan fingerprint density at radius 2 is 1.83 bits per heavy atom. The summed E-state index contributed by atoms with van der Waals surface area (Å²) in [6.07, 6.45) is 6.32. The van der Waals surface area contributed by atoms with Gasteiger partial charge in [0.15, 0.2) is 0 Å². The van der Waals surface area contributed by atoms with Gasteiger partial charge in [-0.2, -0.15) is 0 Å². The Balaban J connectivity index is 1.47. The lowest BCUT2D eigenvalue weighted by Gasteiger charge is -2.36. The summed E-state index contributed by atoms with van der Waals surface area (Å²) >= 11 is 0. The van der Waals surface area contributed by atoms with Crippen LogP contribution in [0.15, 0.2) is 24.7 Å². The SMILES string of the molecule is Cc1nc([C@H]2CCOC2)cc(N2CCN(c3cnccn3)CC2)n1. The van der Waals surface area contributed by atoms with E-state index in [1.54, 1.807) is 12.4 Å². The predicted octanol–water partition coefficient (Wildman–Crippen LogP) is 1.41. The van der Waals surface area contributed by atoms with Gasteiger partial charge in [-0.25, -0.2) is 15.0 Å².